The molecule has 5 nitrogen and oxygen atoms in total. The highest BCUT2D eigenvalue weighted by Crippen LogP contribution is 2.46. The van der Waals surface area contributed by atoms with Crippen LogP contribution in [0.15, 0.2) is 166 Å². The van der Waals surface area contributed by atoms with Gasteiger partial charge in [-0.15, -0.1) is 0 Å². The Morgan fingerprint density at radius 1 is 0.521 bits per heavy atom. The topological polar surface area (TPSA) is 65.0 Å². The zero-order valence-corrected chi connectivity index (χ0v) is 25.7. The molecule has 0 bridgehead atoms. The molecule has 0 saturated carbocycles. The van der Waals surface area contributed by atoms with E-state index in [0.29, 0.717) is 17.5 Å². The van der Waals surface area contributed by atoms with Crippen LogP contribution in [0.2, 0.25) is 0 Å². The third kappa shape index (κ3) is 4.21. The van der Waals surface area contributed by atoms with Crippen LogP contribution in [0.1, 0.15) is 17.3 Å². The Morgan fingerprint density at radius 2 is 1.23 bits per heavy atom. The monoisotopic (exact) mass is 617 g/mol. The van der Waals surface area contributed by atoms with E-state index in [0.717, 1.165) is 60.6 Å². The molecule has 0 N–H and O–H groups in total. The summed E-state index contributed by atoms with van der Waals surface area (Å²) >= 11 is 0. The fourth-order valence-electron chi connectivity index (χ4n) is 7.34. The fraction of sp³-hybridized carbons (Fsp3) is 0.0465. The van der Waals surface area contributed by atoms with Gasteiger partial charge in [-0.25, -0.2) is 15.0 Å². The second kappa shape index (κ2) is 10.6. The van der Waals surface area contributed by atoms with Crippen molar-refractivity contribution in [2.75, 3.05) is 0 Å². The van der Waals surface area contributed by atoms with E-state index in [4.69, 9.17) is 23.8 Å². The summed E-state index contributed by atoms with van der Waals surface area (Å²) in [6, 6.07) is 39.0. The number of para-hydroxylation sites is 3. The number of allylic oxidation sites excluding steroid dienone is 8. The van der Waals surface area contributed by atoms with E-state index in [-0.39, 0.29) is 11.8 Å². The standard InChI is InChI=1S/C43H27N3O2/c1-2-12-26(13-3-1)41-44-42(46-43(45-41)34-20-10-19-32-30-16-6-8-21-36(30)48-40(32)34)28-24-27-14-4-5-15-29(27)35(25-28)31-18-11-23-38-39(31)33-17-7-9-22-37(33)47-38/h1-25,29,35H. The predicted molar refractivity (Wildman–Crippen MR) is 192 cm³/mol. The lowest BCUT2D eigenvalue weighted by molar-refractivity contribution is 0.662. The predicted octanol–water partition coefficient (Wildman–Crippen LogP) is 10.9. The Hall–Kier alpha value is -6.33. The van der Waals surface area contributed by atoms with Gasteiger partial charge in [-0.2, -0.15) is 0 Å². The molecule has 3 heterocycles. The molecule has 10 rings (SSSR count). The second-order valence-electron chi connectivity index (χ2n) is 12.3. The number of furan rings is 2. The third-order valence-electron chi connectivity index (χ3n) is 9.54. The molecule has 0 spiro atoms. The Balaban J connectivity index is 1.20. The van der Waals surface area contributed by atoms with E-state index >= 15 is 0 Å². The highest BCUT2D eigenvalue weighted by atomic mass is 16.3. The maximum Gasteiger partial charge on any atom is 0.167 e. The SMILES string of the molecule is C1=CC2=CC(c3nc(-c4ccccc4)nc(-c4cccc5c4oc4ccccc45)n3)=CC(c3cccc4oc5ccccc5c34)C2C=C1. The molecule has 5 heteroatoms. The van der Waals surface area contributed by atoms with Crippen molar-refractivity contribution >= 4 is 49.5 Å². The molecule has 3 aromatic heterocycles. The van der Waals surface area contributed by atoms with Crippen LogP contribution in [0.5, 0.6) is 0 Å². The van der Waals surface area contributed by atoms with Gasteiger partial charge in [0.2, 0.25) is 0 Å². The Bertz CT molecular complexity index is 2690. The molecule has 0 amide bonds. The minimum absolute atomic E-state index is 0.0325. The van der Waals surface area contributed by atoms with E-state index < -0.39 is 0 Å². The number of nitrogens with zero attached hydrogens (tertiary/aromatic N) is 3. The van der Waals surface area contributed by atoms with Crippen LogP contribution in [0, 0.1) is 5.92 Å². The normalized spacial score (nSPS) is 17.2. The average Bonchev–Trinajstić information content (AvgIpc) is 3.73. The summed E-state index contributed by atoms with van der Waals surface area (Å²) in [5.74, 6) is 2.00. The lowest BCUT2D eigenvalue weighted by Gasteiger charge is -2.30. The largest absolute Gasteiger partial charge is 0.456 e. The highest BCUT2D eigenvalue weighted by molar-refractivity contribution is 6.09. The van der Waals surface area contributed by atoms with Gasteiger partial charge in [0.15, 0.2) is 17.5 Å². The highest BCUT2D eigenvalue weighted by Gasteiger charge is 2.30. The van der Waals surface area contributed by atoms with Crippen molar-refractivity contribution in [2.24, 2.45) is 5.92 Å². The van der Waals surface area contributed by atoms with Crippen molar-refractivity contribution in [3.8, 4) is 22.8 Å². The van der Waals surface area contributed by atoms with Gasteiger partial charge in [0.05, 0.1) is 5.56 Å². The number of rotatable bonds is 4. The van der Waals surface area contributed by atoms with Gasteiger partial charge in [-0.1, -0.05) is 121 Å². The van der Waals surface area contributed by atoms with Gasteiger partial charge in [0, 0.05) is 44.5 Å². The molecule has 0 fully saturated rings. The third-order valence-corrected chi connectivity index (χ3v) is 9.54. The first-order valence-corrected chi connectivity index (χ1v) is 16.2. The first-order valence-electron chi connectivity index (χ1n) is 16.2. The van der Waals surface area contributed by atoms with Crippen LogP contribution < -0.4 is 0 Å². The van der Waals surface area contributed by atoms with Gasteiger partial charge in [-0.05, 0) is 41.5 Å². The number of hydrogen-bond acceptors (Lipinski definition) is 5. The number of fused-ring (bicyclic) bond motifs is 7. The molecule has 0 aliphatic heterocycles. The summed E-state index contributed by atoms with van der Waals surface area (Å²) in [4.78, 5) is 15.4. The van der Waals surface area contributed by atoms with Crippen molar-refractivity contribution in [2.45, 2.75) is 5.92 Å². The van der Waals surface area contributed by atoms with E-state index in [1.54, 1.807) is 0 Å². The van der Waals surface area contributed by atoms with Crippen LogP contribution in [0.25, 0.3) is 72.2 Å². The summed E-state index contributed by atoms with van der Waals surface area (Å²) in [5, 5.41) is 4.37. The Kier molecular flexibility index (Phi) is 5.93. The van der Waals surface area contributed by atoms with Crippen molar-refractivity contribution in [3.63, 3.8) is 0 Å². The van der Waals surface area contributed by atoms with Crippen molar-refractivity contribution in [3.05, 3.63) is 169 Å². The molecule has 2 atom stereocenters. The number of aromatic nitrogens is 3. The summed E-state index contributed by atoms with van der Waals surface area (Å²) in [6.45, 7) is 0. The van der Waals surface area contributed by atoms with Crippen molar-refractivity contribution in [1.29, 1.82) is 0 Å². The molecular formula is C43H27N3O2. The first kappa shape index (κ1) is 26.8. The molecule has 2 aliphatic rings. The van der Waals surface area contributed by atoms with Crippen LogP contribution in [0.4, 0.5) is 0 Å². The van der Waals surface area contributed by atoms with Gasteiger partial charge in [0.25, 0.3) is 0 Å². The molecule has 226 valence electrons. The van der Waals surface area contributed by atoms with E-state index in [1.165, 1.54) is 11.1 Å². The Morgan fingerprint density at radius 3 is 2.12 bits per heavy atom. The first-order chi connectivity index (χ1) is 23.8. The van der Waals surface area contributed by atoms with Crippen LogP contribution >= 0.6 is 0 Å². The molecule has 0 saturated heterocycles. The Labute approximate surface area is 275 Å². The zero-order valence-electron chi connectivity index (χ0n) is 25.7. The van der Waals surface area contributed by atoms with Crippen LogP contribution in [-0.2, 0) is 0 Å². The summed E-state index contributed by atoms with van der Waals surface area (Å²) in [7, 11) is 0. The maximum atomic E-state index is 6.43. The van der Waals surface area contributed by atoms with E-state index in [9.17, 15) is 0 Å². The average molecular weight is 618 g/mol. The molecule has 2 aliphatic carbocycles. The zero-order chi connectivity index (χ0) is 31.6. The minimum atomic E-state index is 0.0325. The number of benzene rings is 5. The van der Waals surface area contributed by atoms with E-state index in [1.807, 2.05) is 72.8 Å². The summed E-state index contributed by atoms with van der Waals surface area (Å²) in [5.41, 5.74) is 8.53. The molecule has 8 aromatic rings. The van der Waals surface area contributed by atoms with E-state index in [2.05, 4.69) is 78.9 Å². The summed E-state index contributed by atoms with van der Waals surface area (Å²) < 4.78 is 12.7. The van der Waals surface area contributed by atoms with Crippen LogP contribution in [0.3, 0.4) is 0 Å². The smallest absolute Gasteiger partial charge is 0.167 e. The van der Waals surface area contributed by atoms with Gasteiger partial charge < -0.3 is 8.83 Å². The van der Waals surface area contributed by atoms with Crippen molar-refractivity contribution < 1.29 is 8.83 Å². The number of hydrogen-bond donors (Lipinski definition) is 0. The maximum absolute atomic E-state index is 6.43. The van der Waals surface area contributed by atoms with Gasteiger partial charge >= 0.3 is 0 Å². The fourth-order valence-corrected chi connectivity index (χ4v) is 7.34. The second-order valence-corrected chi connectivity index (χ2v) is 12.3. The quantitative estimate of drug-likeness (QED) is 0.197. The molecule has 0 radical (unpaired) electrons. The van der Waals surface area contributed by atoms with Crippen LogP contribution in [-0.4, -0.2) is 15.0 Å². The lowest BCUT2D eigenvalue weighted by atomic mass is 9.73. The van der Waals surface area contributed by atoms with Crippen molar-refractivity contribution in [1.82, 2.24) is 15.0 Å². The van der Waals surface area contributed by atoms with Gasteiger partial charge in [-0.3, -0.25) is 0 Å². The molecular weight excluding hydrogens is 590 g/mol. The lowest BCUT2D eigenvalue weighted by Crippen LogP contribution is -2.17. The molecule has 5 aromatic carbocycles. The summed E-state index contributed by atoms with van der Waals surface area (Å²) in [6.07, 6.45) is 13.3. The molecule has 48 heavy (non-hydrogen) atoms. The van der Waals surface area contributed by atoms with Gasteiger partial charge in [0.1, 0.15) is 22.3 Å². The minimum Gasteiger partial charge on any atom is -0.456 e. The molecule has 2 unspecified atom stereocenters.